The lowest BCUT2D eigenvalue weighted by molar-refractivity contribution is -0.115. The van der Waals surface area contributed by atoms with Crippen molar-refractivity contribution in [2.45, 2.75) is 43.2 Å². The maximum Gasteiger partial charge on any atom is 0.237 e. The van der Waals surface area contributed by atoms with Gasteiger partial charge in [-0.05, 0) is 61.6 Å². The first-order valence-electron chi connectivity index (χ1n) is 9.86. The summed E-state index contributed by atoms with van der Waals surface area (Å²) in [5, 5.41) is 12.3. The van der Waals surface area contributed by atoms with E-state index in [0.29, 0.717) is 21.8 Å². The summed E-state index contributed by atoms with van der Waals surface area (Å²) in [6.07, 6.45) is 3.40. The quantitative estimate of drug-likeness (QED) is 0.539. The maximum absolute atomic E-state index is 12.7. The molecule has 0 saturated heterocycles. The number of amides is 1. The number of ether oxygens (including phenoxy) is 1. The number of fused-ring (bicyclic) bond motifs is 1. The van der Waals surface area contributed by atoms with E-state index in [4.69, 9.17) is 16.3 Å². The molecule has 1 amide bonds. The fourth-order valence-electron chi connectivity index (χ4n) is 3.38. The van der Waals surface area contributed by atoms with Crippen LogP contribution >= 0.6 is 23.4 Å². The molecule has 0 saturated carbocycles. The average molecular weight is 443 g/mol. The summed E-state index contributed by atoms with van der Waals surface area (Å²) in [6, 6.07) is 13.5. The number of carbonyl (C=O) groups is 1. The topological polar surface area (TPSA) is 69.0 Å². The van der Waals surface area contributed by atoms with Crippen LogP contribution in [-0.4, -0.2) is 25.9 Å². The largest absolute Gasteiger partial charge is 0.484 e. The van der Waals surface area contributed by atoms with Crippen molar-refractivity contribution in [3.05, 3.63) is 64.4 Å². The molecule has 30 heavy (non-hydrogen) atoms. The second kappa shape index (κ2) is 9.10. The number of hydrogen-bond donors (Lipinski definition) is 1. The molecule has 1 N–H and O–H groups in total. The van der Waals surface area contributed by atoms with Crippen molar-refractivity contribution in [1.29, 1.82) is 0 Å². The van der Waals surface area contributed by atoms with Crippen molar-refractivity contribution in [3.63, 3.8) is 0 Å². The van der Waals surface area contributed by atoms with Crippen molar-refractivity contribution in [2.75, 3.05) is 5.32 Å². The number of benzene rings is 2. The van der Waals surface area contributed by atoms with E-state index in [1.807, 2.05) is 36.7 Å². The molecule has 1 aliphatic rings. The molecule has 8 heteroatoms. The molecule has 0 radical (unpaired) electrons. The predicted octanol–water partition coefficient (Wildman–Crippen LogP) is 4.66. The van der Waals surface area contributed by atoms with E-state index in [2.05, 4.69) is 27.6 Å². The van der Waals surface area contributed by atoms with Crippen molar-refractivity contribution in [2.24, 2.45) is 7.05 Å². The van der Waals surface area contributed by atoms with Gasteiger partial charge in [0.1, 0.15) is 12.4 Å². The third-order valence-electron chi connectivity index (χ3n) is 5.14. The molecule has 2 aromatic carbocycles. The Hall–Kier alpha value is -2.51. The normalized spacial score (nSPS) is 13.7. The minimum absolute atomic E-state index is 0.0604. The van der Waals surface area contributed by atoms with Crippen LogP contribution in [0.15, 0.2) is 47.6 Å². The Morgan fingerprint density at radius 1 is 1.23 bits per heavy atom. The summed E-state index contributed by atoms with van der Waals surface area (Å²) in [5.41, 5.74) is 3.57. The Balaban J connectivity index is 1.35. The monoisotopic (exact) mass is 442 g/mol. The first-order chi connectivity index (χ1) is 14.5. The summed E-state index contributed by atoms with van der Waals surface area (Å²) in [5.74, 6) is 1.19. The second-order valence-corrected chi connectivity index (χ2v) is 8.98. The van der Waals surface area contributed by atoms with E-state index in [9.17, 15) is 4.79 Å². The lowest BCUT2D eigenvalue weighted by Gasteiger charge is -2.13. The minimum atomic E-state index is -0.321. The fourth-order valence-corrected chi connectivity index (χ4v) is 4.41. The van der Waals surface area contributed by atoms with Crippen molar-refractivity contribution < 1.29 is 9.53 Å². The molecule has 4 rings (SSSR count). The zero-order chi connectivity index (χ0) is 21.1. The number of carbonyl (C=O) groups excluding carboxylic acids is 1. The van der Waals surface area contributed by atoms with Crippen LogP contribution in [-0.2, 0) is 31.3 Å². The predicted molar refractivity (Wildman–Crippen MR) is 119 cm³/mol. The molecule has 1 aromatic heterocycles. The van der Waals surface area contributed by atoms with Gasteiger partial charge in [-0.25, -0.2) is 0 Å². The van der Waals surface area contributed by atoms with E-state index >= 15 is 0 Å². The number of nitrogens with one attached hydrogen (secondary N) is 1. The van der Waals surface area contributed by atoms with Gasteiger partial charge in [0, 0.05) is 12.7 Å². The van der Waals surface area contributed by atoms with Crippen LogP contribution in [0.4, 0.5) is 5.69 Å². The molecule has 0 aliphatic heterocycles. The Bertz CT molecular complexity index is 1070. The van der Waals surface area contributed by atoms with Gasteiger partial charge in [0.15, 0.2) is 11.0 Å². The summed E-state index contributed by atoms with van der Waals surface area (Å²) < 4.78 is 7.58. The molecule has 156 valence electrons. The highest BCUT2D eigenvalue weighted by molar-refractivity contribution is 8.00. The summed E-state index contributed by atoms with van der Waals surface area (Å²) in [6.45, 7) is 2.10. The highest BCUT2D eigenvalue weighted by Crippen LogP contribution is 2.27. The zero-order valence-corrected chi connectivity index (χ0v) is 18.5. The molecule has 1 aliphatic carbocycles. The Morgan fingerprint density at radius 2 is 2.03 bits per heavy atom. The highest BCUT2D eigenvalue weighted by atomic mass is 35.5. The van der Waals surface area contributed by atoms with Crippen LogP contribution in [0.2, 0.25) is 5.02 Å². The first-order valence-corrected chi connectivity index (χ1v) is 11.1. The Morgan fingerprint density at radius 3 is 2.87 bits per heavy atom. The second-order valence-electron chi connectivity index (χ2n) is 7.26. The van der Waals surface area contributed by atoms with Gasteiger partial charge in [-0.15, -0.1) is 10.2 Å². The van der Waals surface area contributed by atoms with E-state index in [-0.39, 0.29) is 17.8 Å². The summed E-state index contributed by atoms with van der Waals surface area (Å²) >= 11 is 7.48. The number of thioether (sulfide) groups is 1. The third kappa shape index (κ3) is 4.63. The number of nitrogens with zero attached hydrogens (tertiary/aromatic N) is 3. The van der Waals surface area contributed by atoms with Gasteiger partial charge >= 0.3 is 0 Å². The van der Waals surface area contributed by atoms with E-state index in [1.165, 1.54) is 29.3 Å². The number of anilines is 1. The lowest BCUT2D eigenvalue weighted by atomic mass is 10.1. The smallest absolute Gasteiger partial charge is 0.237 e. The molecule has 0 bridgehead atoms. The van der Waals surface area contributed by atoms with Gasteiger partial charge in [-0.3, -0.25) is 4.79 Å². The lowest BCUT2D eigenvalue weighted by Crippen LogP contribution is -2.23. The third-order valence-corrected chi connectivity index (χ3v) is 6.58. The van der Waals surface area contributed by atoms with Crippen LogP contribution < -0.4 is 10.1 Å². The number of rotatable bonds is 7. The number of hydrogen-bond acceptors (Lipinski definition) is 5. The number of para-hydroxylation sites is 1. The summed E-state index contributed by atoms with van der Waals surface area (Å²) in [7, 11) is 1.86. The van der Waals surface area contributed by atoms with Gasteiger partial charge in [0.2, 0.25) is 5.91 Å². The molecule has 1 unspecified atom stereocenters. The average Bonchev–Trinajstić information content (AvgIpc) is 3.34. The number of aryl methyl sites for hydroxylation is 2. The van der Waals surface area contributed by atoms with Gasteiger partial charge in [-0.1, -0.05) is 41.6 Å². The van der Waals surface area contributed by atoms with Crippen LogP contribution in [0.5, 0.6) is 5.75 Å². The van der Waals surface area contributed by atoms with Crippen LogP contribution in [0, 0.1) is 0 Å². The van der Waals surface area contributed by atoms with Crippen LogP contribution in [0.25, 0.3) is 0 Å². The number of halogens is 1. The first kappa shape index (κ1) is 20.8. The molecule has 0 fully saturated rings. The van der Waals surface area contributed by atoms with Crippen LogP contribution in [0.3, 0.4) is 0 Å². The fraction of sp³-hybridized carbons (Fsp3) is 0.318. The highest BCUT2D eigenvalue weighted by Gasteiger charge is 2.20. The van der Waals surface area contributed by atoms with Gasteiger partial charge in [0.05, 0.1) is 10.3 Å². The maximum atomic E-state index is 12.7. The molecule has 3 aromatic rings. The Kier molecular flexibility index (Phi) is 6.29. The van der Waals surface area contributed by atoms with Crippen LogP contribution in [0.1, 0.15) is 30.3 Å². The molecular formula is C22H23ClN4O2S. The molecule has 1 atom stereocenters. The molecule has 6 nitrogen and oxygen atoms in total. The van der Waals surface area contributed by atoms with E-state index < -0.39 is 0 Å². The van der Waals surface area contributed by atoms with Gasteiger partial charge < -0.3 is 14.6 Å². The van der Waals surface area contributed by atoms with Crippen molar-refractivity contribution in [1.82, 2.24) is 14.8 Å². The van der Waals surface area contributed by atoms with Crippen molar-refractivity contribution in [3.8, 4) is 5.75 Å². The number of aromatic nitrogens is 3. The molecule has 0 spiro atoms. The van der Waals surface area contributed by atoms with Crippen molar-refractivity contribution >= 4 is 35.0 Å². The Labute approximate surface area is 185 Å². The summed E-state index contributed by atoms with van der Waals surface area (Å²) in [4.78, 5) is 12.7. The standard InChI is InChI=1S/C22H23ClN4O2S/c1-14(21(28)24-17-11-10-15-6-5-7-16(15)12-17)30-22-26-25-20(27(22)2)13-29-19-9-4-3-8-18(19)23/h3-4,8-12,14H,5-7,13H2,1-2H3,(H,24,28). The minimum Gasteiger partial charge on any atom is -0.484 e. The zero-order valence-electron chi connectivity index (χ0n) is 16.9. The van der Waals surface area contributed by atoms with Gasteiger partial charge in [-0.2, -0.15) is 0 Å². The van der Waals surface area contributed by atoms with Gasteiger partial charge in [0.25, 0.3) is 0 Å². The SMILES string of the molecule is CC(Sc1nnc(COc2ccccc2Cl)n1C)C(=O)Nc1ccc2c(c1)CCC2. The van der Waals surface area contributed by atoms with E-state index in [1.54, 1.807) is 12.1 Å². The van der Waals surface area contributed by atoms with E-state index in [0.717, 1.165) is 18.5 Å². The molecule has 1 heterocycles. The molecular weight excluding hydrogens is 420 g/mol.